The summed E-state index contributed by atoms with van der Waals surface area (Å²) in [4.78, 5) is 24.4. The van der Waals surface area contributed by atoms with E-state index < -0.39 is 0 Å². The van der Waals surface area contributed by atoms with Crippen molar-refractivity contribution in [1.82, 2.24) is 5.32 Å². The van der Waals surface area contributed by atoms with Crippen molar-refractivity contribution in [3.63, 3.8) is 0 Å². The van der Waals surface area contributed by atoms with Crippen LogP contribution in [-0.4, -0.2) is 25.5 Å². The monoisotopic (exact) mass is 321 g/mol. The van der Waals surface area contributed by atoms with Gasteiger partial charge in [-0.2, -0.15) is 0 Å². The molecule has 1 N–H and O–H groups in total. The summed E-state index contributed by atoms with van der Waals surface area (Å²) in [5.41, 5.74) is 0.871. The summed E-state index contributed by atoms with van der Waals surface area (Å²) in [5, 5.41) is 2.76. The number of benzene rings is 1. The standard InChI is InChI=1S/C16H16FNO3S/c1-21-15(19)3-2-10-18-16(20)14-9-8-13(22-14)11-4-6-12(17)7-5-11/h4-9H,2-3,10H2,1H3,(H,18,20). The molecule has 0 aliphatic heterocycles. The van der Waals surface area contributed by atoms with E-state index in [1.807, 2.05) is 6.07 Å². The van der Waals surface area contributed by atoms with Crippen LogP contribution in [0.25, 0.3) is 10.4 Å². The largest absolute Gasteiger partial charge is 0.469 e. The third-order valence-corrected chi connectivity index (χ3v) is 4.16. The Morgan fingerprint density at radius 1 is 1.18 bits per heavy atom. The second kappa shape index (κ2) is 7.70. The van der Waals surface area contributed by atoms with Crippen molar-refractivity contribution in [3.8, 4) is 10.4 Å². The summed E-state index contributed by atoms with van der Waals surface area (Å²) in [6, 6.07) is 9.71. The lowest BCUT2D eigenvalue weighted by molar-refractivity contribution is -0.140. The number of carbonyl (C=O) groups is 2. The van der Waals surface area contributed by atoms with E-state index in [2.05, 4.69) is 10.1 Å². The average molecular weight is 321 g/mol. The molecule has 116 valence electrons. The molecule has 0 unspecified atom stereocenters. The summed E-state index contributed by atoms with van der Waals surface area (Å²) < 4.78 is 17.4. The van der Waals surface area contributed by atoms with Crippen molar-refractivity contribution in [2.45, 2.75) is 12.8 Å². The Labute approximate surface area is 131 Å². The molecular formula is C16H16FNO3S. The Bertz CT molecular complexity index is 652. The van der Waals surface area contributed by atoms with Gasteiger partial charge in [0.25, 0.3) is 5.91 Å². The van der Waals surface area contributed by atoms with E-state index in [4.69, 9.17) is 0 Å². The molecule has 0 fully saturated rings. The predicted molar refractivity (Wildman–Crippen MR) is 83.3 cm³/mol. The fourth-order valence-corrected chi connectivity index (χ4v) is 2.78. The number of carbonyl (C=O) groups excluding carboxylic acids is 2. The smallest absolute Gasteiger partial charge is 0.305 e. The molecule has 22 heavy (non-hydrogen) atoms. The molecule has 1 amide bonds. The molecule has 0 atom stereocenters. The number of rotatable bonds is 6. The van der Waals surface area contributed by atoms with Crippen molar-refractivity contribution >= 4 is 23.2 Å². The molecule has 1 aromatic carbocycles. The van der Waals surface area contributed by atoms with E-state index in [9.17, 15) is 14.0 Å². The van der Waals surface area contributed by atoms with E-state index in [1.165, 1.54) is 30.6 Å². The first-order valence-electron chi connectivity index (χ1n) is 6.81. The van der Waals surface area contributed by atoms with E-state index >= 15 is 0 Å². The van der Waals surface area contributed by atoms with E-state index in [1.54, 1.807) is 18.2 Å². The molecule has 0 radical (unpaired) electrons. The van der Waals surface area contributed by atoms with Gasteiger partial charge in [0, 0.05) is 17.8 Å². The number of hydrogen-bond donors (Lipinski definition) is 1. The highest BCUT2D eigenvalue weighted by atomic mass is 32.1. The number of esters is 1. The molecule has 4 nitrogen and oxygen atoms in total. The number of methoxy groups -OCH3 is 1. The van der Waals surface area contributed by atoms with E-state index in [0.717, 1.165) is 10.4 Å². The third kappa shape index (κ3) is 4.39. The maximum Gasteiger partial charge on any atom is 0.305 e. The first-order chi connectivity index (χ1) is 10.6. The van der Waals surface area contributed by atoms with Crippen molar-refractivity contribution < 1.29 is 18.7 Å². The summed E-state index contributed by atoms with van der Waals surface area (Å²) in [6.07, 6.45) is 0.816. The SMILES string of the molecule is COC(=O)CCCNC(=O)c1ccc(-c2ccc(F)cc2)s1. The molecule has 6 heteroatoms. The van der Waals surface area contributed by atoms with Crippen LogP contribution >= 0.6 is 11.3 Å². The van der Waals surface area contributed by atoms with Crippen molar-refractivity contribution in [1.29, 1.82) is 0 Å². The van der Waals surface area contributed by atoms with Gasteiger partial charge < -0.3 is 10.1 Å². The Balaban J connectivity index is 1.89. The Kier molecular flexibility index (Phi) is 5.66. The second-order valence-electron chi connectivity index (χ2n) is 4.61. The van der Waals surface area contributed by atoms with Crippen molar-refractivity contribution in [2.24, 2.45) is 0 Å². The number of hydrogen-bond acceptors (Lipinski definition) is 4. The molecule has 2 rings (SSSR count). The van der Waals surface area contributed by atoms with Crippen LogP contribution in [0.3, 0.4) is 0 Å². The van der Waals surface area contributed by atoms with Gasteiger partial charge in [-0.3, -0.25) is 9.59 Å². The van der Waals surface area contributed by atoms with Crippen LogP contribution in [0.5, 0.6) is 0 Å². The predicted octanol–water partition coefficient (Wildman–Crippen LogP) is 3.24. The molecule has 0 saturated carbocycles. The molecule has 0 aliphatic carbocycles. The minimum atomic E-state index is -0.288. The first-order valence-corrected chi connectivity index (χ1v) is 7.62. The Morgan fingerprint density at radius 2 is 1.91 bits per heavy atom. The van der Waals surface area contributed by atoms with Gasteiger partial charge in [0.1, 0.15) is 5.82 Å². The normalized spacial score (nSPS) is 10.3. The zero-order valence-electron chi connectivity index (χ0n) is 12.1. The van der Waals surface area contributed by atoms with Crippen LogP contribution in [-0.2, 0) is 9.53 Å². The summed E-state index contributed by atoms with van der Waals surface area (Å²) >= 11 is 1.34. The Hall–Kier alpha value is -2.21. The van der Waals surface area contributed by atoms with Gasteiger partial charge in [-0.25, -0.2) is 4.39 Å². The van der Waals surface area contributed by atoms with E-state index in [-0.39, 0.29) is 24.1 Å². The molecule has 0 spiro atoms. The zero-order chi connectivity index (χ0) is 15.9. The van der Waals surface area contributed by atoms with Crippen LogP contribution in [0.15, 0.2) is 36.4 Å². The van der Waals surface area contributed by atoms with Crippen LogP contribution in [0.2, 0.25) is 0 Å². The molecule has 1 aromatic heterocycles. The van der Waals surface area contributed by atoms with Gasteiger partial charge in [0.15, 0.2) is 0 Å². The lowest BCUT2D eigenvalue weighted by atomic mass is 10.2. The van der Waals surface area contributed by atoms with E-state index in [0.29, 0.717) is 17.8 Å². The third-order valence-electron chi connectivity index (χ3n) is 3.03. The molecular weight excluding hydrogens is 305 g/mol. The second-order valence-corrected chi connectivity index (χ2v) is 5.69. The summed E-state index contributed by atoms with van der Waals surface area (Å²) in [7, 11) is 1.34. The average Bonchev–Trinajstić information content (AvgIpc) is 3.01. The molecule has 1 heterocycles. The number of amides is 1. The maximum atomic E-state index is 12.9. The van der Waals surface area contributed by atoms with Crippen molar-refractivity contribution in [2.75, 3.05) is 13.7 Å². The molecule has 0 saturated heterocycles. The number of nitrogens with one attached hydrogen (secondary N) is 1. The minimum absolute atomic E-state index is 0.178. The van der Waals surface area contributed by atoms with Crippen molar-refractivity contribution in [3.05, 3.63) is 47.1 Å². The Morgan fingerprint density at radius 3 is 2.59 bits per heavy atom. The van der Waals surface area contributed by atoms with Gasteiger partial charge in [0.2, 0.25) is 0 Å². The fourth-order valence-electron chi connectivity index (χ4n) is 1.85. The first kappa shape index (κ1) is 16.2. The van der Waals surface area contributed by atoms with Gasteiger partial charge in [-0.1, -0.05) is 12.1 Å². The summed E-state index contributed by atoms with van der Waals surface area (Å²) in [5.74, 6) is -0.754. The van der Waals surface area contributed by atoms with Gasteiger partial charge in [-0.15, -0.1) is 11.3 Å². The lowest BCUT2D eigenvalue weighted by Gasteiger charge is -2.02. The number of ether oxygens (including phenoxy) is 1. The number of halogens is 1. The molecule has 0 bridgehead atoms. The van der Waals surface area contributed by atoms with Crippen LogP contribution in [0.1, 0.15) is 22.5 Å². The highest BCUT2D eigenvalue weighted by molar-refractivity contribution is 7.17. The molecule has 0 aliphatic rings. The topological polar surface area (TPSA) is 55.4 Å². The van der Waals surface area contributed by atoms with Gasteiger partial charge in [-0.05, 0) is 36.2 Å². The number of thiophene rings is 1. The van der Waals surface area contributed by atoms with Gasteiger partial charge in [0.05, 0.1) is 12.0 Å². The maximum absolute atomic E-state index is 12.9. The van der Waals surface area contributed by atoms with Gasteiger partial charge >= 0.3 is 5.97 Å². The minimum Gasteiger partial charge on any atom is -0.469 e. The summed E-state index contributed by atoms with van der Waals surface area (Å²) in [6.45, 7) is 0.414. The highest BCUT2D eigenvalue weighted by Gasteiger charge is 2.10. The van der Waals surface area contributed by atoms with Crippen LogP contribution in [0.4, 0.5) is 4.39 Å². The lowest BCUT2D eigenvalue weighted by Crippen LogP contribution is -2.24. The zero-order valence-corrected chi connectivity index (χ0v) is 12.9. The molecule has 2 aromatic rings. The highest BCUT2D eigenvalue weighted by Crippen LogP contribution is 2.28. The van der Waals surface area contributed by atoms with Crippen LogP contribution < -0.4 is 5.32 Å². The quantitative estimate of drug-likeness (QED) is 0.656. The van der Waals surface area contributed by atoms with Crippen LogP contribution in [0, 0.1) is 5.82 Å². The fraction of sp³-hybridized carbons (Fsp3) is 0.250.